The van der Waals surface area contributed by atoms with Crippen LogP contribution in [0, 0.1) is 0 Å². The molecular weight excluding hydrogens is 256 g/mol. The summed E-state index contributed by atoms with van der Waals surface area (Å²) in [5.74, 6) is 0.900. The smallest absolute Gasteiger partial charge is 0.119 e. The van der Waals surface area contributed by atoms with Gasteiger partial charge in [-0.25, -0.2) is 4.98 Å². The van der Waals surface area contributed by atoms with Crippen molar-refractivity contribution in [3.8, 4) is 17.0 Å². The zero-order chi connectivity index (χ0) is 13.7. The summed E-state index contributed by atoms with van der Waals surface area (Å²) in [6.07, 6.45) is 2.16. The molecule has 0 atom stereocenters. The van der Waals surface area contributed by atoms with Gasteiger partial charge in [-0.05, 0) is 51.1 Å². The maximum absolute atomic E-state index is 5.63. The standard InChI is InChI=1S/C15H20N2OS/c1-11(2)18-13-7-5-12(6-8-13)14-10-19-15(17-14)4-3-9-16/h5-8,10-11H,3-4,9,16H2,1-2H3. The second-order valence-corrected chi connectivity index (χ2v) is 5.65. The molecule has 19 heavy (non-hydrogen) atoms. The van der Waals surface area contributed by atoms with E-state index in [1.165, 1.54) is 0 Å². The Morgan fingerprint density at radius 2 is 2.00 bits per heavy atom. The summed E-state index contributed by atoms with van der Waals surface area (Å²) in [7, 11) is 0. The Bertz CT molecular complexity index is 505. The summed E-state index contributed by atoms with van der Waals surface area (Å²) < 4.78 is 5.63. The van der Waals surface area contributed by atoms with Gasteiger partial charge in [0, 0.05) is 17.4 Å². The fraction of sp³-hybridized carbons (Fsp3) is 0.400. The van der Waals surface area contributed by atoms with Crippen molar-refractivity contribution in [1.82, 2.24) is 4.98 Å². The number of hydrogen-bond acceptors (Lipinski definition) is 4. The number of nitrogens with two attached hydrogens (primary N) is 1. The van der Waals surface area contributed by atoms with Crippen LogP contribution < -0.4 is 10.5 Å². The van der Waals surface area contributed by atoms with Gasteiger partial charge in [0.2, 0.25) is 0 Å². The Hall–Kier alpha value is -1.39. The monoisotopic (exact) mass is 276 g/mol. The van der Waals surface area contributed by atoms with Gasteiger partial charge >= 0.3 is 0 Å². The molecule has 3 nitrogen and oxygen atoms in total. The molecule has 0 bridgehead atoms. The molecule has 0 saturated carbocycles. The molecular formula is C15H20N2OS. The van der Waals surface area contributed by atoms with Crippen molar-refractivity contribution in [2.24, 2.45) is 5.73 Å². The van der Waals surface area contributed by atoms with Crippen molar-refractivity contribution in [3.05, 3.63) is 34.7 Å². The highest BCUT2D eigenvalue weighted by Crippen LogP contribution is 2.25. The van der Waals surface area contributed by atoms with Gasteiger partial charge in [-0.2, -0.15) is 0 Å². The van der Waals surface area contributed by atoms with E-state index in [1.807, 2.05) is 26.0 Å². The van der Waals surface area contributed by atoms with Gasteiger partial charge in [0.15, 0.2) is 0 Å². The average Bonchev–Trinajstić information content (AvgIpc) is 2.85. The number of thiazole rings is 1. The van der Waals surface area contributed by atoms with Crippen molar-refractivity contribution in [2.45, 2.75) is 32.8 Å². The molecule has 2 aromatic rings. The molecule has 1 aromatic carbocycles. The first kappa shape index (κ1) is 14.0. The van der Waals surface area contributed by atoms with Crippen LogP contribution in [0.1, 0.15) is 25.3 Å². The van der Waals surface area contributed by atoms with Gasteiger partial charge in [0.05, 0.1) is 16.8 Å². The van der Waals surface area contributed by atoms with E-state index in [9.17, 15) is 0 Å². The van der Waals surface area contributed by atoms with Crippen LogP contribution in [-0.4, -0.2) is 17.6 Å². The molecule has 0 fully saturated rings. The fourth-order valence-electron chi connectivity index (χ4n) is 1.79. The number of hydrogen-bond donors (Lipinski definition) is 1. The van der Waals surface area contributed by atoms with Crippen LogP contribution in [0.5, 0.6) is 5.75 Å². The minimum Gasteiger partial charge on any atom is -0.491 e. The zero-order valence-electron chi connectivity index (χ0n) is 11.4. The van der Waals surface area contributed by atoms with Gasteiger partial charge in [0.25, 0.3) is 0 Å². The lowest BCUT2D eigenvalue weighted by molar-refractivity contribution is 0.242. The van der Waals surface area contributed by atoms with Crippen LogP contribution in [0.3, 0.4) is 0 Å². The van der Waals surface area contributed by atoms with E-state index in [1.54, 1.807) is 11.3 Å². The Morgan fingerprint density at radius 1 is 1.26 bits per heavy atom. The fourth-order valence-corrected chi connectivity index (χ4v) is 2.64. The molecule has 0 spiro atoms. The van der Waals surface area contributed by atoms with Crippen LogP contribution >= 0.6 is 11.3 Å². The molecule has 0 saturated heterocycles. The van der Waals surface area contributed by atoms with Gasteiger partial charge < -0.3 is 10.5 Å². The third-order valence-electron chi connectivity index (χ3n) is 2.67. The van der Waals surface area contributed by atoms with E-state index in [-0.39, 0.29) is 6.10 Å². The highest BCUT2D eigenvalue weighted by atomic mass is 32.1. The number of ether oxygens (including phenoxy) is 1. The van der Waals surface area contributed by atoms with Crippen molar-refractivity contribution in [1.29, 1.82) is 0 Å². The number of rotatable bonds is 6. The molecule has 4 heteroatoms. The predicted molar refractivity (Wildman–Crippen MR) is 80.7 cm³/mol. The Labute approximate surface area is 118 Å². The number of benzene rings is 1. The quantitative estimate of drug-likeness (QED) is 0.878. The average molecular weight is 276 g/mol. The minimum atomic E-state index is 0.202. The highest BCUT2D eigenvalue weighted by Gasteiger charge is 2.05. The molecule has 0 amide bonds. The van der Waals surface area contributed by atoms with E-state index in [0.29, 0.717) is 0 Å². The normalized spacial score (nSPS) is 10.9. The molecule has 0 unspecified atom stereocenters. The summed E-state index contributed by atoms with van der Waals surface area (Å²) in [6.45, 7) is 4.77. The van der Waals surface area contributed by atoms with E-state index < -0.39 is 0 Å². The molecule has 1 aromatic heterocycles. The molecule has 0 aliphatic carbocycles. The second-order valence-electron chi connectivity index (χ2n) is 4.71. The SMILES string of the molecule is CC(C)Oc1ccc(-c2csc(CCCN)n2)cc1. The lowest BCUT2D eigenvalue weighted by Crippen LogP contribution is -2.05. The molecule has 2 rings (SSSR count). The van der Waals surface area contributed by atoms with E-state index >= 15 is 0 Å². The van der Waals surface area contributed by atoms with Gasteiger partial charge in [0.1, 0.15) is 5.75 Å². The van der Waals surface area contributed by atoms with E-state index in [2.05, 4.69) is 22.5 Å². The summed E-state index contributed by atoms with van der Waals surface area (Å²) >= 11 is 1.70. The number of aryl methyl sites for hydroxylation is 1. The third kappa shape index (κ3) is 4.04. The molecule has 0 aliphatic rings. The summed E-state index contributed by atoms with van der Waals surface area (Å²) in [4.78, 5) is 4.63. The predicted octanol–water partition coefficient (Wildman–Crippen LogP) is 3.49. The first-order valence-corrected chi connectivity index (χ1v) is 7.48. The second kappa shape index (κ2) is 6.68. The van der Waals surface area contributed by atoms with E-state index in [0.717, 1.165) is 41.4 Å². The summed E-state index contributed by atoms with van der Waals surface area (Å²) in [5, 5.41) is 3.26. The first-order chi connectivity index (χ1) is 9.19. The summed E-state index contributed by atoms with van der Waals surface area (Å²) in [6, 6.07) is 8.10. The molecule has 102 valence electrons. The van der Waals surface area contributed by atoms with Gasteiger partial charge in [-0.3, -0.25) is 0 Å². The van der Waals surface area contributed by atoms with Crippen molar-refractivity contribution in [3.63, 3.8) is 0 Å². The van der Waals surface area contributed by atoms with Gasteiger partial charge in [-0.15, -0.1) is 11.3 Å². The lowest BCUT2D eigenvalue weighted by Gasteiger charge is -2.09. The van der Waals surface area contributed by atoms with E-state index in [4.69, 9.17) is 10.5 Å². The molecule has 0 radical (unpaired) electrons. The largest absolute Gasteiger partial charge is 0.491 e. The van der Waals surface area contributed by atoms with Crippen LogP contribution in [0.25, 0.3) is 11.3 Å². The molecule has 0 aliphatic heterocycles. The topological polar surface area (TPSA) is 48.1 Å². The number of aromatic nitrogens is 1. The lowest BCUT2D eigenvalue weighted by atomic mass is 10.2. The minimum absolute atomic E-state index is 0.202. The Balaban J connectivity index is 2.07. The van der Waals surface area contributed by atoms with Crippen molar-refractivity contribution < 1.29 is 4.74 Å². The molecule has 1 heterocycles. The zero-order valence-corrected chi connectivity index (χ0v) is 12.2. The van der Waals surface area contributed by atoms with Gasteiger partial charge in [-0.1, -0.05) is 0 Å². The van der Waals surface area contributed by atoms with Crippen molar-refractivity contribution in [2.75, 3.05) is 6.54 Å². The maximum Gasteiger partial charge on any atom is 0.119 e. The Kier molecular flexibility index (Phi) is 4.93. The Morgan fingerprint density at radius 3 is 2.63 bits per heavy atom. The van der Waals surface area contributed by atoms with Crippen LogP contribution in [-0.2, 0) is 6.42 Å². The number of nitrogens with zero attached hydrogens (tertiary/aromatic N) is 1. The van der Waals surface area contributed by atoms with Crippen LogP contribution in [0.2, 0.25) is 0 Å². The maximum atomic E-state index is 5.63. The van der Waals surface area contributed by atoms with Crippen molar-refractivity contribution >= 4 is 11.3 Å². The van der Waals surface area contributed by atoms with Crippen LogP contribution in [0.4, 0.5) is 0 Å². The van der Waals surface area contributed by atoms with Crippen LogP contribution in [0.15, 0.2) is 29.6 Å². The first-order valence-electron chi connectivity index (χ1n) is 6.60. The highest BCUT2D eigenvalue weighted by molar-refractivity contribution is 7.09. The molecule has 2 N–H and O–H groups in total. The summed E-state index contributed by atoms with van der Waals surface area (Å²) in [5.41, 5.74) is 7.68. The third-order valence-corrected chi connectivity index (χ3v) is 3.58.